The van der Waals surface area contributed by atoms with Crippen LogP contribution in [-0.4, -0.2) is 26.2 Å². The zero-order valence-corrected chi connectivity index (χ0v) is 9.14. The Hall–Kier alpha value is -0.860. The Labute approximate surface area is 86.7 Å². The van der Waals surface area contributed by atoms with Crippen LogP contribution < -0.4 is 10.6 Å². The van der Waals surface area contributed by atoms with Gasteiger partial charge < -0.3 is 10.6 Å². The van der Waals surface area contributed by atoms with E-state index < -0.39 is 0 Å². The smallest absolute Gasteiger partial charge is 0.00772 e. The minimum atomic E-state index is 1.14. The van der Waals surface area contributed by atoms with Crippen LogP contribution in [0.15, 0.2) is 24.3 Å². The summed E-state index contributed by atoms with van der Waals surface area (Å²) in [6.07, 6.45) is 0. The van der Waals surface area contributed by atoms with Gasteiger partial charge >= 0.3 is 0 Å². The molecule has 0 aliphatic carbocycles. The number of benzene rings is 1. The SMILES string of the molecule is C1CNCCN1.Cc1ccccc1C. The molecule has 0 unspecified atom stereocenters. The molecule has 1 aliphatic heterocycles. The summed E-state index contributed by atoms with van der Waals surface area (Å²) in [6.45, 7) is 8.80. The molecule has 0 saturated carbocycles. The third-order valence-electron chi connectivity index (χ3n) is 2.38. The molecule has 0 aromatic heterocycles. The van der Waals surface area contributed by atoms with Gasteiger partial charge in [-0.2, -0.15) is 0 Å². The van der Waals surface area contributed by atoms with Gasteiger partial charge in [0.15, 0.2) is 0 Å². The Balaban J connectivity index is 0.000000146. The van der Waals surface area contributed by atoms with Crippen LogP contribution in [-0.2, 0) is 0 Å². The molecule has 2 rings (SSSR count). The second kappa shape index (κ2) is 6.57. The summed E-state index contributed by atoms with van der Waals surface area (Å²) in [5, 5.41) is 6.44. The molecule has 78 valence electrons. The standard InChI is InChI=1S/C8H10.C4H10N2/c1-7-5-3-4-6-8(7)2;1-2-6-4-3-5-1/h3-6H,1-2H3;5-6H,1-4H2. The van der Waals surface area contributed by atoms with Crippen LogP contribution in [0, 0.1) is 13.8 Å². The Morgan fingerprint density at radius 3 is 1.36 bits per heavy atom. The first kappa shape index (κ1) is 11.2. The lowest BCUT2D eigenvalue weighted by atomic mass is 10.1. The summed E-state index contributed by atoms with van der Waals surface area (Å²) in [4.78, 5) is 0. The number of hydrogen-bond acceptors (Lipinski definition) is 2. The Morgan fingerprint density at radius 2 is 1.14 bits per heavy atom. The normalized spacial score (nSPS) is 15.6. The molecule has 2 nitrogen and oxygen atoms in total. The molecule has 2 N–H and O–H groups in total. The molecular weight excluding hydrogens is 172 g/mol. The first-order valence-corrected chi connectivity index (χ1v) is 5.24. The predicted molar refractivity (Wildman–Crippen MR) is 61.7 cm³/mol. The maximum absolute atomic E-state index is 3.22. The Bertz CT molecular complexity index is 222. The number of aryl methyl sites for hydroxylation is 2. The van der Waals surface area contributed by atoms with Gasteiger partial charge in [0.1, 0.15) is 0 Å². The van der Waals surface area contributed by atoms with Gasteiger partial charge in [-0.15, -0.1) is 0 Å². The first-order chi connectivity index (χ1) is 6.80. The van der Waals surface area contributed by atoms with E-state index >= 15 is 0 Å². The Morgan fingerprint density at radius 1 is 0.786 bits per heavy atom. The minimum absolute atomic E-state index is 1.14. The van der Waals surface area contributed by atoms with Crippen molar-refractivity contribution >= 4 is 0 Å². The predicted octanol–water partition coefficient (Wildman–Crippen LogP) is 1.48. The average molecular weight is 192 g/mol. The van der Waals surface area contributed by atoms with E-state index in [0.29, 0.717) is 0 Å². The quantitative estimate of drug-likeness (QED) is 0.650. The average Bonchev–Trinajstić information content (AvgIpc) is 2.26. The number of rotatable bonds is 0. The van der Waals surface area contributed by atoms with Gasteiger partial charge in [0, 0.05) is 26.2 Å². The maximum Gasteiger partial charge on any atom is 0.00772 e. The van der Waals surface area contributed by atoms with Crippen molar-refractivity contribution in [3.63, 3.8) is 0 Å². The van der Waals surface area contributed by atoms with E-state index in [4.69, 9.17) is 0 Å². The van der Waals surface area contributed by atoms with Crippen LogP contribution in [0.25, 0.3) is 0 Å². The number of hydrogen-bond donors (Lipinski definition) is 2. The van der Waals surface area contributed by atoms with Gasteiger partial charge in [-0.25, -0.2) is 0 Å². The van der Waals surface area contributed by atoms with E-state index in [2.05, 4.69) is 48.7 Å². The van der Waals surface area contributed by atoms with Gasteiger partial charge in [-0.1, -0.05) is 24.3 Å². The molecule has 1 aromatic carbocycles. The molecule has 1 aromatic rings. The van der Waals surface area contributed by atoms with Crippen molar-refractivity contribution in [3.8, 4) is 0 Å². The molecule has 14 heavy (non-hydrogen) atoms. The van der Waals surface area contributed by atoms with Gasteiger partial charge in [0.05, 0.1) is 0 Å². The van der Waals surface area contributed by atoms with Crippen molar-refractivity contribution in [1.82, 2.24) is 10.6 Å². The lowest BCUT2D eigenvalue weighted by Crippen LogP contribution is -2.39. The molecule has 1 aliphatic rings. The molecule has 2 heteroatoms. The van der Waals surface area contributed by atoms with Crippen LogP contribution in [0.4, 0.5) is 0 Å². The van der Waals surface area contributed by atoms with Gasteiger partial charge in [0.2, 0.25) is 0 Å². The van der Waals surface area contributed by atoms with Crippen LogP contribution in [0.1, 0.15) is 11.1 Å². The monoisotopic (exact) mass is 192 g/mol. The van der Waals surface area contributed by atoms with Crippen molar-refractivity contribution in [2.75, 3.05) is 26.2 Å². The second-order valence-corrected chi connectivity index (χ2v) is 3.58. The van der Waals surface area contributed by atoms with Gasteiger partial charge in [-0.3, -0.25) is 0 Å². The summed E-state index contributed by atoms with van der Waals surface area (Å²) < 4.78 is 0. The summed E-state index contributed by atoms with van der Waals surface area (Å²) in [6, 6.07) is 8.36. The molecule has 0 atom stereocenters. The molecule has 0 bridgehead atoms. The van der Waals surface area contributed by atoms with E-state index in [0.717, 1.165) is 26.2 Å². The third-order valence-corrected chi connectivity index (χ3v) is 2.38. The fourth-order valence-corrected chi connectivity index (χ4v) is 1.27. The summed E-state index contributed by atoms with van der Waals surface area (Å²) >= 11 is 0. The number of piperazine rings is 1. The summed E-state index contributed by atoms with van der Waals surface area (Å²) in [7, 11) is 0. The largest absolute Gasteiger partial charge is 0.314 e. The third kappa shape index (κ3) is 4.40. The zero-order chi connectivity index (χ0) is 10.2. The van der Waals surface area contributed by atoms with Crippen molar-refractivity contribution in [1.29, 1.82) is 0 Å². The van der Waals surface area contributed by atoms with E-state index in [1.807, 2.05) is 0 Å². The van der Waals surface area contributed by atoms with Crippen LogP contribution >= 0.6 is 0 Å². The highest BCUT2D eigenvalue weighted by molar-refractivity contribution is 5.23. The van der Waals surface area contributed by atoms with Crippen molar-refractivity contribution < 1.29 is 0 Å². The summed E-state index contributed by atoms with van der Waals surface area (Å²) in [5.41, 5.74) is 2.74. The zero-order valence-electron chi connectivity index (χ0n) is 9.14. The molecule has 0 spiro atoms. The molecule has 0 amide bonds. The lowest BCUT2D eigenvalue weighted by Gasteiger charge is -2.11. The lowest BCUT2D eigenvalue weighted by molar-refractivity contribution is 0.534. The van der Waals surface area contributed by atoms with Crippen molar-refractivity contribution in [3.05, 3.63) is 35.4 Å². The van der Waals surface area contributed by atoms with E-state index in [-0.39, 0.29) is 0 Å². The van der Waals surface area contributed by atoms with Crippen LogP contribution in [0.2, 0.25) is 0 Å². The van der Waals surface area contributed by atoms with Gasteiger partial charge in [0.25, 0.3) is 0 Å². The highest BCUT2D eigenvalue weighted by atomic mass is 15.0. The van der Waals surface area contributed by atoms with Gasteiger partial charge in [-0.05, 0) is 25.0 Å². The van der Waals surface area contributed by atoms with Crippen molar-refractivity contribution in [2.24, 2.45) is 0 Å². The molecule has 1 heterocycles. The second-order valence-electron chi connectivity index (χ2n) is 3.58. The fourth-order valence-electron chi connectivity index (χ4n) is 1.27. The van der Waals surface area contributed by atoms with E-state index in [1.165, 1.54) is 11.1 Å². The van der Waals surface area contributed by atoms with E-state index in [9.17, 15) is 0 Å². The minimum Gasteiger partial charge on any atom is -0.314 e. The van der Waals surface area contributed by atoms with Crippen LogP contribution in [0.3, 0.4) is 0 Å². The highest BCUT2D eigenvalue weighted by Crippen LogP contribution is 2.02. The van der Waals surface area contributed by atoms with Crippen molar-refractivity contribution in [2.45, 2.75) is 13.8 Å². The summed E-state index contributed by atoms with van der Waals surface area (Å²) in [5.74, 6) is 0. The number of nitrogens with one attached hydrogen (secondary N) is 2. The van der Waals surface area contributed by atoms with Crippen LogP contribution in [0.5, 0.6) is 0 Å². The fraction of sp³-hybridized carbons (Fsp3) is 0.500. The topological polar surface area (TPSA) is 24.1 Å². The molecule has 0 radical (unpaired) electrons. The highest BCUT2D eigenvalue weighted by Gasteiger charge is 1.91. The first-order valence-electron chi connectivity index (χ1n) is 5.24. The van der Waals surface area contributed by atoms with E-state index in [1.54, 1.807) is 0 Å². The molecular formula is C12H20N2. The molecule has 1 fully saturated rings. The molecule has 1 saturated heterocycles. The maximum atomic E-state index is 3.22. The Kier molecular flexibility index (Phi) is 5.27.